The third kappa shape index (κ3) is 9.56. The molecule has 6 nitrogen and oxygen atoms in total. The predicted octanol–water partition coefficient (Wildman–Crippen LogP) is 26.0. The van der Waals surface area contributed by atoms with Gasteiger partial charge in [0, 0.05) is 100 Å². The van der Waals surface area contributed by atoms with Crippen molar-refractivity contribution in [2.45, 2.75) is 38.5 Å². The van der Waals surface area contributed by atoms with Crippen LogP contribution in [-0.4, -0.2) is 19.1 Å². The monoisotopic (exact) mass is 1330 g/mol. The lowest BCUT2D eigenvalue weighted by atomic mass is 9.81. The lowest BCUT2D eigenvalue weighted by Gasteiger charge is -2.26. The van der Waals surface area contributed by atoms with Gasteiger partial charge in [-0.15, -0.1) is 0 Å². The van der Waals surface area contributed by atoms with Crippen LogP contribution in [0.5, 0.6) is 0 Å². The van der Waals surface area contributed by atoms with Crippen molar-refractivity contribution in [2.75, 3.05) is 9.80 Å². The van der Waals surface area contributed by atoms with Crippen molar-refractivity contribution in [1.29, 1.82) is 0 Å². The first-order chi connectivity index (χ1) is 51.1. The summed E-state index contributed by atoms with van der Waals surface area (Å²) >= 11 is 0. The van der Waals surface area contributed by atoms with Gasteiger partial charge in [0.2, 0.25) is 0 Å². The summed E-state index contributed by atoms with van der Waals surface area (Å²) in [6.45, 7) is 9.44. The molecule has 0 unspecified atom stereocenters. The van der Waals surface area contributed by atoms with Crippen molar-refractivity contribution < 1.29 is 0 Å². The van der Waals surface area contributed by atoms with E-state index in [0.717, 1.165) is 101 Å². The summed E-state index contributed by atoms with van der Waals surface area (Å²) in [5.41, 5.74) is 32.6. The zero-order valence-corrected chi connectivity index (χ0v) is 58.2. The average Bonchev–Trinajstić information content (AvgIpc) is 1.54. The smallest absolute Gasteiger partial charge is 0.0979 e. The largest absolute Gasteiger partial charge is 0.311 e. The van der Waals surface area contributed by atoms with Crippen molar-refractivity contribution in [2.24, 2.45) is 0 Å². The number of anilines is 6. The molecule has 2 aliphatic rings. The molecule has 492 valence electrons. The Balaban J connectivity index is 0.762. The van der Waals surface area contributed by atoms with Gasteiger partial charge in [-0.2, -0.15) is 0 Å². The summed E-state index contributed by atoms with van der Waals surface area (Å²) in [5.74, 6) is 0. The lowest BCUT2D eigenvalue weighted by Crippen LogP contribution is -2.15. The van der Waals surface area contributed by atoms with Crippen LogP contribution in [0.3, 0.4) is 0 Å². The fraction of sp³-hybridized carbons (Fsp3) is 0.0612. The van der Waals surface area contributed by atoms with Gasteiger partial charge in [-0.3, -0.25) is 0 Å². The van der Waals surface area contributed by atoms with E-state index in [1.165, 1.54) is 88.1 Å². The van der Waals surface area contributed by atoms with Crippen LogP contribution in [0.2, 0.25) is 0 Å². The van der Waals surface area contributed by atoms with Crippen molar-refractivity contribution in [3.05, 3.63) is 374 Å². The minimum Gasteiger partial charge on any atom is -0.311 e. The molecule has 0 radical (unpaired) electrons. The summed E-state index contributed by atoms with van der Waals surface area (Å²) in [6.07, 6.45) is 0. The number of benzene rings is 15. The highest BCUT2D eigenvalue weighted by atomic mass is 15.1. The SMILES string of the molecule is CC1(C)c2ccccc2-c2ccc(-c3ccc(-c4ccc5c(c4)C(C)(C)c4ccccc4-5)c4nc(-c5ccc(N(c6ccccc6)c6ccc(-n7c8ccccc8c8ccccc87)cc6)cc5)c(-c5ccc(N(c6ccccc6)c6ccc(-n7c8ccccc8c8ccccc87)cc6)cc5)nc34)cc21. The molecule has 0 atom stereocenters. The molecule has 18 aromatic rings. The van der Waals surface area contributed by atoms with Crippen LogP contribution in [0, 0.1) is 0 Å². The van der Waals surface area contributed by atoms with E-state index < -0.39 is 0 Å². The second-order valence-electron chi connectivity index (χ2n) is 28.8. The second kappa shape index (κ2) is 23.7. The fourth-order valence-corrected chi connectivity index (χ4v) is 17.2. The van der Waals surface area contributed by atoms with E-state index in [9.17, 15) is 0 Å². The number of hydrogen-bond acceptors (Lipinski definition) is 4. The van der Waals surface area contributed by atoms with Crippen LogP contribution in [0.1, 0.15) is 49.9 Å². The number of nitrogens with zero attached hydrogens (tertiary/aromatic N) is 6. The van der Waals surface area contributed by atoms with E-state index in [0.29, 0.717) is 0 Å². The number of para-hydroxylation sites is 6. The topological polar surface area (TPSA) is 42.1 Å². The molecule has 2 aliphatic carbocycles. The van der Waals surface area contributed by atoms with Gasteiger partial charge in [-0.1, -0.05) is 246 Å². The average molecular weight is 1330 g/mol. The maximum absolute atomic E-state index is 6.08. The van der Waals surface area contributed by atoms with E-state index in [-0.39, 0.29) is 10.8 Å². The molecule has 104 heavy (non-hydrogen) atoms. The first-order valence-electron chi connectivity index (χ1n) is 36.0. The van der Waals surface area contributed by atoms with Crippen LogP contribution in [0.25, 0.3) is 133 Å². The third-order valence-corrected chi connectivity index (χ3v) is 22.3. The molecule has 0 fully saturated rings. The number of aromatic nitrogens is 4. The van der Waals surface area contributed by atoms with Crippen LogP contribution >= 0.6 is 0 Å². The highest BCUT2D eigenvalue weighted by molar-refractivity contribution is 6.11. The fourth-order valence-electron chi connectivity index (χ4n) is 17.2. The van der Waals surface area contributed by atoms with Crippen molar-refractivity contribution in [3.63, 3.8) is 0 Å². The van der Waals surface area contributed by atoms with E-state index in [4.69, 9.17) is 9.97 Å². The molecule has 6 heteroatoms. The van der Waals surface area contributed by atoms with Crippen molar-refractivity contribution in [3.8, 4) is 78.4 Å². The van der Waals surface area contributed by atoms with E-state index in [1.54, 1.807) is 0 Å². The Kier molecular flexibility index (Phi) is 13.9. The van der Waals surface area contributed by atoms with Gasteiger partial charge in [0.25, 0.3) is 0 Å². The molecule has 20 rings (SSSR count). The molecular formula is C98H70N6. The zero-order valence-electron chi connectivity index (χ0n) is 58.2. The van der Waals surface area contributed by atoms with Gasteiger partial charge in [0.1, 0.15) is 0 Å². The number of hydrogen-bond donors (Lipinski definition) is 0. The van der Waals surface area contributed by atoms with Gasteiger partial charge in [-0.25, -0.2) is 9.97 Å². The van der Waals surface area contributed by atoms with Gasteiger partial charge < -0.3 is 18.9 Å². The standard InChI is InChI=1S/C98H70N6/c1-97(2)85-33-17-11-27-77(85)79-57-43-65(61-87(79)97)75-59-60-76(66-44-58-80-78-28-12-18-34-86(78)98(3,4)88(80)62-66)96-95(75)99-93(63-39-45-69(46-40-63)101(67-23-7-5-8-24-67)71-49-53-73(54-50-71)103-89-35-19-13-29-81(89)82-30-14-20-36-90(82)103)94(100-96)64-41-47-70(48-42-64)102(68-25-9-6-10-26-68)72-51-55-74(56-52-72)104-91-37-21-15-31-83(91)84-32-16-22-38-92(84)104/h5-62H,1-4H3. The molecule has 0 bridgehead atoms. The summed E-state index contributed by atoms with van der Waals surface area (Å²) in [4.78, 5) is 16.9. The molecule has 0 saturated carbocycles. The number of fused-ring (bicyclic) bond motifs is 13. The zero-order chi connectivity index (χ0) is 69.4. The van der Waals surface area contributed by atoms with Gasteiger partial charge in [0.05, 0.1) is 44.5 Å². The lowest BCUT2D eigenvalue weighted by molar-refractivity contribution is 0.660. The normalized spacial score (nSPS) is 13.2. The first-order valence-corrected chi connectivity index (χ1v) is 36.0. The van der Waals surface area contributed by atoms with Crippen LogP contribution in [0.4, 0.5) is 34.1 Å². The Morgan fingerprint density at radius 1 is 0.231 bits per heavy atom. The van der Waals surface area contributed by atoms with Gasteiger partial charge in [-0.05, 0) is 189 Å². The minimum absolute atomic E-state index is 0.209. The quantitative estimate of drug-likeness (QED) is 0.122. The summed E-state index contributed by atoms with van der Waals surface area (Å²) < 4.78 is 4.75. The summed E-state index contributed by atoms with van der Waals surface area (Å²) in [5, 5.41) is 4.96. The maximum Gasteiger partial charge on any atom is 0.0979 e. The minimum atomic E-state index is -0.209. The maximum atomic E-state index is 6.08. The molecular weight excluding hydrogens is 1260 g/mol. The first kappa shape index (κ1) is 60.8. The Bertz CT molecular complexity index is 5940. The van der Waals surface area contributed by atoms with Gasteiger partial charge in [0.15, 0.2) is 0 Å². The van der Waals surface area contributed by atoms with Crippen LogP contribution in [-0.2, 0) is 10.8 Å². The molecule has 0 saturated heterocycles. The van der Waals surface area contributed by atoms with E-state index in [1.807, 2.05) is 0 Å². The Morgan fingerprint density at radius 3 is 0.856 bits per heavy atom. The Morgan fingerprint density at radius 2 is 0.500 bits per heavy atom. The highest BCUT2D eigenvalue weighted by Crippen LogP contribution is 2.53. The Hall–Kier alpha value is -13.2. The Labute approximate surface area is 605 Å². The second-order valence-corrected chi connectivity index (χ2v) is 28.8. The summed E-state index contributed by atoms with van der Waals surface area (Å²) in [6, 6.07) is 129. The van der Waals surface area contributed by atoms with Crippen molar-refractivity contribution in [1.82, 2.24) is 19.1 Å². The molecule has 0 aliphatic heterocycles. The molecule has 0 N–H and O–H groups in total. The van der Waals surface area contributed by atoms with Gasteiger partial charge >= 0.3 is 0 Å². The van der Waals surface area contributed by atoms with E-state index in [2.05, 4.69) is 398 Å². The molecule has 3 heterocycles. The van der Waals surface area contributed by atoms with E-state index >= 15 is 0 Å². The molecule has 0 amide bonds. The predicted molar refractivity (Wildman–Crippen MR) is 434 cm³/mol. The molecule has 0 spiro atoms. The van der Waals surface area contributed by atoms with Crippen LogP contribution < -0.4 is 9.80 Å². The third-order valence-electron chi connectivity index (χ3n) is 22.3. The molecule has 15 aromatic carbocycles. The van der Waals surface area contributed by atoms with Crippen molar-refractivity contribution >= 4 is 88.8 Å². The number of rotatable bonds is 12. The molecule has 3 aromatic heterocycles. The summed E-state index contributed by atoms with van der Waals surface area (Å²) in [7, 11) is 0. The highest BCUT2D eigenvalue weighted by Gasteiger charge is 2.37. The van der Waals surface area contributed by atoms with Crippen LogP contribution in [0.15, 0.2) is 352 Å².